The Kier molecular flexibility index (Phi) is 5.16. The highest BCUT2D eigenvalue weighted by Crippen LogP contribution is 2.29. The van der Waals surface area contributed by atoms with Crippen LogP contribution in [0.2, 0.25) is 0 Å². The minimum atomic E-state index is 0.109. The van der Waals surface area contributed by atoms with Crippen LogP contribution < -0.4 is 11.5 Å². The smallest absolute Gasteiger partial charge is 0.232 e. The quantitative estimate of drug-likeness (QED) is 0.811. The zero-order valence-corrected chi connectivity index (χ0v) is 13.8. The van der Waals surface area contributed by atoms with Crippen LogP contribution in [-0.2, 0) is 15.3 Å². The highest BCUT2D eigenvalue weighted by Gasteiger charge is 2.36. The number of amides is 1. The Morgan fingerprint density at radius 2 is 1.96 bits per heavy atom. The van der Waals surface area contributed by atoms with E-state index < -0.39 is 0 Å². The van der Waals surface area contributed by atoms with E-state index in [0.29, 0.717) is 30.5 Å². The lowest BCUT2D eigenvalue weighted by molar-refractivity contribution is -0.146. The number of hydrogen-bond donors (Lipinski definition) is 2. The van der Waals surface area contributed by atoms with Crippen LogP contribution in [0, 0.1) is 0 Å². The summed E-state index contributed by atoms with van der Waals surface area (Å²) in [5, 5.41) is 0. The van der Waals surface area contributed by atoms with E-state index in [-0.39, 0.29) is 29.9 Å². The van der Waals surface area contributed by atoms with Crippen molar-refractivity contribution in [1.82, 2.24) is 19.9 Å². The third-order valence-electron chi connectivity index (χ3n) is 4.23. The predicted octanol–water partition coefficient (Wildman–Crippen LogP) is 0.439. The molecule has 1 saturated carbocycles. The Balaban J connectivity index is 1.52. The summed E-state index contributed by atoms with van der Waals surface area (Å²) in [6.07, 6.45) is 4.69. The number of hydrogen-bond acceptors (Lipinski definition) is 8. The van der Waals surface area contributed by atoms with Crippen molar-refractivity contribution in [3.05, 3.63) is 5.82 Å². The molecule has 1 amide bonds. The van der Waals surface area contributed by atoms with Crippen molar-refractivity contribution in [3.63, 3.8) is 0 Å². The molecule has 9 heteroatoms. The van der Waals surface area contributed by atoms with Crippen molar-refractivity contribution in [2.75, 3.05) is 30.4 Å². The van der Waals surface area contributed by atoms with Crippen molar-refractivity contribution in [2.24, 2.45) is 0 Å². The van der Waals surface area contributed by atoms with Gasteiger partial charge in [-0.05, 0) is 12.8 Å². The van der Waals surface area contributed by atoms with Gasteiger partial charge in [-0.15, -0.1) is 11.8 Å². The first kappa shape index (κ1) is 16.3. The number of carbonyl (C=O) groups is 1. The van der Waals surface area contributed by atoms with Gasteiger partial charge in [-0.3, -0.25) is 4.79 Å². The molecule has 3 rings (SSSR count). The van der Waals surface area contributed by atoms with Crippen LogP contribution in [0.15, 0.2) is 0 Å². The van der Waals surface area contributed by atoms with Gasteiger partial charge >= 0.3 is 0 Å². The molecule has 2 atom stereocenters. The number of ether oxygens (including phenoxy) is 1. The zero-order valence-electron chi connectivity index (χ0n) is 13.0. The van der Waals surface area contributed by atoms with Crippen LogP contribution in [0.3, 0.4) is 0 Å². The first-order chi connectivity index (χ1) is 11.1. The van der Waals surface area contributed by atoms with Gasteiger partial charge in [0.15, 0.2) is 0 Å². The summed E-state index contributed by atoms with van der Waals surface area (Å²) in [6.45, 7) is 1.32. The van der Waals surface area contributed by atoms with Crippen LogP contribution in [-0.4, -0.2) is 56.8 Å². The zero-order chi connectivity index (χ0) is 16.2. The van der Waals surface area contributed by atoms with Gasteiger partial charge in [0.25, 0.3) is 0 Å². The number of nitrogens with zero attached hydrogens (tertiary/aromatic N) is 4. The molecule has 0 unspecified atom stereocenters. The average Bonchev–Trinajstić information content (AvgIpc) is 2.53. The Morgan fingerprint density at radius 1 is 1.22 bits per heavy atom. The molecule has 0 spiro atoms. The van der Waals surface area contributed by atoms with Crippen LogP contribution in [0.5, 0.6) is 0 Å². The van der Waals surface area contributed by atoms with Gasteiger partial charge in [-0.25, -0.2) is 0 Å². The van der Waals surface area contributed by atoms with Crippen molar-refractivity contribution in [2.45, 2.75) is 43.6 Å². The molecule has 0 radical (unpaired) electrons. The molecule has 4 N–H and O–H groups in total. The summed E-state index contributed by atoms with van der Waals surface area (Å²) in [7, 11) is 0. The normalized spacial score (nSPS) is 24.3. The number of carbonyl (C=O) groups excluding carboxylic acids is 1. The standard InChI is InChI=1S/C14H22N6O2S/c15-13-17-11(18-14(16)19-13)7-23-8-12(21)20-5-6-22-10-4-2-1-3-9(10)20/h9-10H,1-8H2,(H4,15,16,17,18,19)/t9-,10+/m0/s1. The van der Waals surface area contributed by atoms with E-state index in [0.717, 1.165) is 12.8 Å². The maximum absolute atomic E-state index is 12.5. The fraction of sp³-hybridized carbons (Fsp3) is 0.714. The Hall–Kier alpha value is -1.61. The molecule has 2 fully saturated rings. The number of aromatic nitrogens is 3. The van der Waals surface area contributed by atoms with E-state index in [2.05, 4.69) is 15.0 Å². The van der Waals surface area contributed by atoms with Gasteiger partial charge in [-0.2, -0.15) is 15.0 Å². The van der Waals surface area contributed by atoms with Gasteiger partial charge in [0.2, 0.25) is 17.8 Å². The fourth-order valence-electron chi connectivity index (χ4n) is 3.24. The Bertz CT molecular complexity index is 550. The number of fused-ring (bicyclic) bond motifs is 1. The number of nitrogens with two attached hydrogens (primary N) is 2. The lowest BCUT2D eigenvalue weighted by Gasteiger charge is -2.43. The van der Waals surface area contributed by atoms with E-state index >= 15 is 0 Å². The summed E-state index contributed by atoms with van der Waals surface area (Å²) < 4.78 is 5.81. The lowest BCUT2D eigenvalue weighted by Crippen LogP contribution is -2.55. The molecule has 2 aliphatic rings. The van der Waals surface area contributed by atoms with Crippen LogP contribution in [0.25, 0.3) is 0 Å². The summed E-state index contributed by atoms with van der Waals surface area (Å²) >= 11 is 1.47. The predicted molar refractivity (Wildman–Crippen MR) is 88.5 cm³/mol. The number of anilines is 2. The van der Waals surface area contributed by atoms with Gasteiger partial charge in [0.1, 0.15) is 5.82 Å². The second-order valence-electron chi connectivity index (χ2n) is 5.81. The molecule has 2 heterocycles. The Morgan fingerprint density at radius 3 is 2.74 bits per heavy atom. The summed E-state index contributed by atoms with van der Waals surface area (Å²) in [6, 6.07) is 0.245. The third kappa shape index (κ3) is 4.03. The molecule has 1 aromatic heterocycles. The van der Waals surface area contributed by atoms with Gasteiger partial charge < -0.3 is 21.1 Å². The minimum absolute atomic E-state index is 0.109. The van der Waals surface area contributed by atoms with Gasteiger partial charge in [0, 0.05) is 6.54 Å². The third-order valence-corrected chi connectivity index (χ3v) is 5.14. The molecular weight excluding hydrogens is 316 g/mol. The number of rotatable bonds is 4. The fourth-order valence-corrected chi connectivity index (χ4v) is 3.99. The maximum atomic E-state index is 12.5. The molecule has 1 aromatic rings. The molecule has 1 aliphatic carbocycles. The van der Waals surface area contributed by atoms with Gasteiger partial charge in [0.05, 0.1) is 30.3 Å². The highest BCUT2D eigenvalue weighted by atomic mass is 32.2. The SMILES string of the molecule is Nc1nc(N)nc(CSCC(=O)N2CCO[C@@H]3CCCC[C@@H]32)n1. The molecule has 1 saturated heterocycles. The summed E-state index contributed by atoms with van der Waals surface area (Å²) in [4.78, 5) is 26.3. The van der Waals surface area contributed by atoms with Crippen molar-refractivity contribution < 1.29 is 9.53 Å². The van der Waals surface area contributed by atoms with Crippen LogP contribution in [0.1, 0.15) is 31.5 Å². The largest absolute Gasteiger partial charge is 0.374 e. The van der Waals surface area contributed by atoms with Crippen molar-refractivity contribution in [1.29, 1.82) is 0 Å². The van der Waals surface area contributed by atoms with Crippen LogP contribution in [0.4, 0.5) is 11.9 Å². The topological polar surface area (TPSA) is 120 Å². The summed E-state index contributed by atoms with van der Waals surface area (Å²) in [5.74, 6) is 1.77. The first-order valence-corrected chi connectivity index (χ1v) is 9.03. The van der Waals surface area contributed by atoms with E-state index in [1.165, 1.54) is 24.6 Å². The molecule has 1 aliphatic heterocycles. The maximum Gasteiger partial charge on any atom is 0.232 e. The van der Waals surface area contributed by atoms with E-state index in [1.807, 2.05) is 4.90 Å². The van der Waals surface area contributed by atoms with Gasteiger partial charge in [-0.1, -0.05) is 12.8 Å². The van der Waals surface area contributed by atoms with Crippen molar-refractivity contribution in [3.8, 4) is 0 Å². The summed E-state index contributed by atoms with van der Waals surface area (Å²) in [5.41, 5.74) is 11.1. The molecule has 23 heavy (non-hydrogen) atoms. The average molecular weight is 338 g/mol. The minimum Gasteiger partial charge on any atom is -0.374 e. The molecule has 0 aromatic carbocycles. The number of thioether (sulfide) groups is 1. The van der Waals surface area contributed by atoms with E-state index in [1.54, 1.807) is 0 Å². The monoisotopic (exact) mass is 338 g/mol. The molecule has 0 bridgehead atoms. The molecule has 8 nitrogen and oxygen atoms in total. The van der Waals surface area contributed by atoms with E-state index in [9.17, 15) is 4.79 Å². The van der Waals surface area contributed by atoms with Crippen LogP contribution >= 0.6 is 11.8 Å². The number of nitrogen functional groups attached to an aromatic ring is 2. The molecular formula is C14H22N6O2S. The number of morpholine rings is 1. The first-order valence-electron chi connectivity index (χ1n) is 7.88. The Labute approximate surface area is 139 Å². The van der Waals surface area contributed by atoms with E-state index in [4.69, 9.17) is 16.2 Å². The highest BCUT2D eigenvalue weighted by molar-refractivity contribution is 7.99. The molecule has 126 valence electrons. The second-order valence-corrected chi connectivity index (χ2v) is 6.79. The second kappa shape index (κ2) is 7.31. The lowest BCUT2D eigenvalue weighted by atomic mass is 9.90. The van der Waals surface area contributed by atoms with Crippen molar-refractivity contribution >= 4 is 29.6 Å².